The van der Waals surface area contributed by atoms with Gasteiger partial charge < -0.3 is 20.1 Å². The molecule has 2 amide bonds. The predicted octanol–water partition coefficient (Wildman–Crippen LogP) is 4.94. The van der Waals surface area contributed by atoms with Crippen LogP contribution in [0.2, 0.25) is 0 Å². The van der Waals surface area contributed by atoms with E-state index in [1.807, 2.05) is 31.2 Å². The highest BCUT2D eigenvalue weighted by Gasteiger charge is 2.31. The Morgan fingerprint density at radius 2 is 1.63 bits per heavy atom. The van der Waals surface area contributed by atoms with Gasteiger partial charge in [0.05, 0.1) is 0 Å². The maximum absolute atomic E-state index is 13.0. The van der Waals surface area contributed by atoms with E-state index in [1.54, 1.807) is 0 Å². The molecule has 0 saturated heterocycles. The highest BCUT2D eigenvalue weighted by Crippen LogP contribution is 2.44. The number of hydrogen-bond acceptors (Lipinski definition) is 4. The molecular weight excluding hydrogens is 444 g/mol. The molecule has 7 nitrogen and oxygen atoms in total. The third-order valence-corrected chi connectivity index (χ3v) is 7.12. The molecule has 2 aliphatic rings. The molecule has 0 radical (unpaired) electrons. The summed E-state index contributed by atoms with van der Waals surface area (Å²) < 4.78 is 5.65. The lowest BCUT2D eigenvalue weighted by atomic mass is 9.98. The number of rotatable bonds is 10. The molecule has 35 heavy (non-hydrogen) atoms. The number of nitrogens with zero attached hydrogens (tertiary/aromatic N) is 1. The molecule has 1 fully saturated rings. The minimum atomic E-state index is -1.01. The molecule has 0 unspecified atom stereocenters. The van der Waals surface area contributed by atoms with Crippen molar-refractivity contribution in [2.24, 2.45) is 0 Å². The van der Waals surface area contributed by atoms with Crippen molar-refractivity contribution in [2.45, 2.75) is 69.9 Å². The van der Waals surface area contributed by atoms with Crippen LogP contribution in [0.1, 0.15) is 68.9 Å². The zero-order valence-electron chi connectivity index (χ0n) is 20.2. The molecule has 0 bridgehead atoms. The molecular formula is C28H34N2O5. The van der Waals surface area contributed by atoms with Crippen LogP contribution in [0.15, 0.2) is 48.5 Å². The number of amides is 2. The normalized spacial score (nSPS) is 15.8. The van der Waals surface area contributed by atoms with Crippen molar-refractivity contribution in [3.63, 3.8) is 0 Å². The van der Waals surface area contributed by atoms with E-state index in [4.69, 9.17) is 4.74 Å². The van der Waals surface area contributed by atoms with E-state index < -0.39 is 18.1 Å². The number of carboxylic acids is 1. The van der Waals surface area contributed by atoms with Crippen molar-refractivity contribution in [1.29, 1.82) is 0 Å². The Balaban J connectivity index is 1.37. The Labute approximate surface area is 206 Å². The van der Waals surface area contributed by atoms with Crippen molar-refractivity contribution < 1.29 is 24.2 Å². The highest BCUT2D eigenvalue weighted by atomic mass is 16.5. The van der Waals surface area contributed by atoms with Gasteiger partial charge in [-0.25, -0.2) is 4.79 Å². The second-order valence-corrected chi connectivity index (χ2v) is 9.51. The number of hydrogen-bond donors (Lipinski definition) is 2. The number of alkyl carbamates (subject to hydrolysis) is 1. The molecule has 0 aromatic heterocycles. The highest BCUT2D eigenvalue weighted by molar-refractivity contribution is 5.83. The minimum Gasteiger partial charge on any atom is -0.480 e. The number of nitrogens with one attached hydrogen (secondary N) is 1. The summed E-state index contributed by atoms with van der Waals surface area (Å²) in [6.07, 6.45) is 4.58. The first-order valence-corrected chi connectivity index (χ1v) is 12.6. The molecule has 2 aliphatic carbocycles. The molecule has 186 valence electrons. The van der Waals surface area contributed by atoms with Gasteiger partial charge in [-0.3, -0.25) is 9.59 Å². The summed E-state index contributed by atoms with van der Waals surface area (Å²) in [6, 6.07) is 15.9. The van der Waals surface area contributed by atoms with E-state index >= 15 is 0 Å². The zero-order valence-corrected chi connectivity index (χ0v) is 20.2. The fourth-order valence-corrected chi connectivity index (χ4v) is 5.49. The molecule has 2 N–H and O–H groups in total. The summed E-state index contributed by atoms with van der Waals surface area (Å²) in [6.45, 7) is 1.90. The van der Waals surface area contributed by atoms with Crippen LogP contribution in [0.25, 0.3) is 11.1 Å². The summed E-state index contributed by atoms with van der Waals surface area (Å²) in [5, 5.41) is 12.2. The van der Waals surface area contributed by atoms with Gasteiger partial charge in [-0.1, -0.05) is 74.7 Å². The van der Waals surface area contributed by atoms with Crippen LogP contribution < -0.4 is 5.32 Å². The summed E-state index contributed by atoms with van der Waals surface area (Å²) in [5.74, 6) is -1.27. The van der Waals surface area contributed by atoms with Gasteiger partial charge in [0.15, 0.2) is 0 Å². The van der Waals surface area contributed by atoms with Crippen molar-refractivity contribution in [3.05, 3.63) is 59.7 Å². The zero-order chi connectivity index (χ0) is 24.8. The van der Waals surface area contributed by atoms with Crippen LogP contribution in [0.5, 0.6) is 0 Å². The van der Waals surface area contributed by atoms with Gasteiger partial charge in [0.2, 0.25) is 5.91 Å². The summed E-state index contributed by atoms with van der Waals surface area (Å²) in [4.78, 5) is 38.6. The molecule has 2 aromatic rings. The number of carboxylic acid groups (broad SMARTS) is 1. The second kappa shape index (κ2) is 11.4. The second-order valence-electron chi connectivity index (χ2n) is 9.51. The molecule has 0 heterocycles. The largest absolute Gasteiger partial charge is 0.480 e. The predicted molar refractivity (Wildman–Crippen MR) is 133 cm³/mol. The molecule has 1 saturated carbocycles. The first-order valence-electron chi connectivity index (χ1n) is 12.6. The number of benzene rings is 2. The summed E-state index contributed by atoms with van der Waals surface area (Å²) >= 11 is 0. The van der Waals surface area contributed by atoms with Gasteiger partial charge in [-0.15, -0.1) is 0 Å². The minimum absolute atomic E-state index is 0.0321. The lowest BCUT2D eigenvalue weighted by Crippen LogP contribution is -2.46. The Morgan fingerprint density at radius 1 is 1.03 bits per heavy atom. The van der Waals surface area contributed by atoms with Crippen LogP contribution in [-0.2, 0) is 14.3 Å². The Hall–Kier alpha value is -3.35. The van der Waals surface area contributed by atoms with E-state index in [9.17, 15) is 19.5 Å². The monoisotopic (exact) mass is 478 g/mol. The standard InChI is InChI=1S/C28H34N2O5/c1-2-9-19(16-26(31)30(17-27(32)33)20-10-3-4-11-20)29-28(34)35-18-25-23-14-7-5-12-21(23)22-13-6-8-15-24(22)25/h5-8,12-15,19-20,25H,2-4,9-11,16-18H2,1H3,(H,29,34)(H,32,33)/t19-/m1/s1. The first kappa shape index (κ1) is 24.8. The number of fused-ring (bicyclic) bond motifs is 3. The van der Waals surface area contributed by atoms with E-state index in [-0.39, 0.29) is 37.4 Å². The third kappa shape index (κ3) is 5.84. The van der Waals surface area contributed by atoms with E-state index in [0.717, 1.165) is 54.4 Å². The SMILES string of the molecule is CCC[C@H](CC(=O)N(CC(=O)O)C1CCCC1)NC(=O)OCC1c2ccccc2-c2ccccc21. The quantitative estimate of drug-likeness (QED) is 0.504. The van der Waals surface area contributed by atoms with Gasteiger partial charge in [-0.05, 0) is 41.5 Å². The van der Waals surface area contributed by atoms with Gasteiger partial charge in [0.1, 0.15) is 13.2 Å². The molecule has 0 aliphatic heterocycles. The lowest BCUT2D eigenvalue weighted by Gasteiger charge is -2.29. The van der Waals surface area contributed by atoms with Gasteiger partial charge in [0.25, 0.3) is 0 Å². The number of carbonyl (C=O) groups excluding carboxylic acids is 2. The molecule has 4 rings (SSSR count). The van der Waals surface area contributed by atoms with Crippen LogP contribution in [0, 0.1) is 0 Å². The Kier molecular flexibility index (Phi) is 8.06. The van der Waals surface area contributed by atoms with Gasteiger partial charge >= 0.3 is 12.1 Å². The fourth-order valence-electron chi connectivity index (χ4n) is 5.49. The van der Waals surface area contributed by atoms with Crippen molar-refractivity contribution in [2.75, 3.05) is 13.2 Å². The fraction of sp³-hybridized carbons (Fsp3) is 0.464. The molecule has 2 aromatic carbocycles. The average molecular weight is 479 g/mol. The van der Waals surface area contributed by atoms with Crippen molar-refractivity contribution in [1.82, 2.24) is 10.2 Å². The lowest BCUT2D eigenvalue weighted by molar-refractivity contribution is -0.146. The average Bonchev–Trinajstić information content (AvgIpc) is 3.48. The Bertz CT molecular complexity index is 1020. The first-order chi connectivity index (χ1) is 17.0. The molecule has 7 heteroatoms. The maximum atomic E-state index is 13.0. The van der Waals surface area contributed by atoms with Crippen molar-refractivity contribution in [3.8, 4) is 11.1 Å². The summed E-state index contributed by atoms with van der Waals surface area (Å²) in [7, 11) is 0. The molecule has 1 atom stereocenters. The van der Waals surface area contributed by atoms with Crippen molar-refractivity contribution >= 4 is 18.0 Å². The van der Waals surface area contributed by atoms with Gasteiger partial charge in [-0.2, -0.15) is 0 Å². The smallest absolute Gasteiger partial charge is 0.407 e. The number of aliphatic carboxylic acids is 1. The number of ether oxygens (including phenoxy) is 1. The van der Waals surface area contributed by atoms with Gasteiger partial charge in [0, 0.05) is 24.4 Å². The molecule has 0 spiro atoms. The van der Waals surface area contributed by atoms with E-state index in [1.165, 1.54) is 4.90 Å². The third-order valence-electron chi connectivity index (χ3n) is 7.12. The maximum Gasteiger partial charge on any atom is 0.407 e. The topological polar surface area (TPSA) is 95.9 Å². The van der Waals surface area contributed by atoms with Crippen LogP contribution in [0.4, 0.5) is 4.79 Å². The van der Waals surface area contributed by atoms with Crippen LogP contribution in [0.3, 0.4) is 0 Å². The number of carbonyl (C=O) groups is 3. The van der Waals surface area contributed by atoms with E-state index in [2.05, 4.69) is 29.6 Å². The van der Waals surface area contributed by atoms with Crippen LogP contribution >= 0.6 is 0 Å². The van der Waals surface area contributed by atoms with Crippen LogP contribution in [-0.4, -0.2) is 53.2 Å². The van der Waals surface area contributed by atoms with E-state index in [0.29, 0.717) is 6.42 Å². The summed E-state index contributed by atoms with van der Waals surface area (Å²) in [5.41, 5.74) is 4.61. The Morgan fingerprint density at radius 3 is 2.20 bits per heavy atom.